The molecule has 6 nitrogen and oxygen atoms in total. The Hall–Kier alpha value is -2.20. The summed E-state index contributed by atoms with van der Waals surface area (Å²) in [5, 5.41) is 3.62. The van der Waals surface area contributed by atoms with Gasteiger partial charge in [-0.2, -0.15) is 0 Å². The molecule has 0 bridgehead atoms. The van der Waals surface area contributed by atoms with E-state index < -0.39 is 0 Å². The summed E-state index contributed by atoms with van der Waals surface area (Å²) < 4.78 is 5.51. The third-order valence-electron chi connectivity index (χ3n) is 5.20. The standard InChI is InChI=1S/C23H38N4O2/c1-4-7-8-9-10-11-12-13-14-15-18-29-23(28)21-19-20(25-26-24)16-17-22(21)27(5-2)6-3/h16-17,19H,4-15,18H2,1-3H3. The molecule has 0 heterocycles. The zero-order chi connectivity index (χ0) is 21.3. The van der Waals surface area contributed by atoms with Crippen LogP contribution in [-0.4, -0.2) is 25.7 Å². The first-order chi connectivity index (χ1) is 14.2. The average molecular weight is 403 g/mol. The molecular formula is C23H38N4O2. The van der Waals surface area contributed by atoms with Crippen LogP contribution in [0.15, 0.2) is 23.3 Å². The first-order valence-corrected chi connectivity index (χ1v) is 11.3. The fourth-order valence-electron chi connectivity index (χ4n) is 3.47. The SMILES string of the molecule is CCCCCCCCCCCCOC(=O)c1cc(N=[N+]=[N-])ccc1N(CC)CC. The summed E-state index contributed by atoms with van der Waals surface area (Å²) in [5.41, 5.74) is 10.4. The molecular weight excluding hydrogens is 364 g/mol. The van der Waals surface area contributed by atoms with Crippen LogP contribution in [-0.2, 0) is 4.74 Å². The monoisotopic (exact) mass is 402 g/mol. The van der Waals surface area contributed by atoms with Gasteiger partial charge in [0.05, 0.1) is 17.9 Å². The van der Waals surface area contributed by atoms with E-state index in [-0.39, 0.29) is 5.97 Å². The fourth-order valence-corrected chi connectivity index (χ4v) is 3.47. The van der Waals surface area contributed by atoms with Crippen LogP contribution in [0.3, 0.4) is 0 Å². The van der Waals surface area contributed by atoms with Gasteiger partial charge in [0, 0.05) is 23.7 Å². The summed E-state index contributed by atoms with van der Waals surface area (Å²) in [5.74, 6) is -0.349. The van der Waals surface area contributed by atoms with Gasteiger partial charge < -0.3 is 9.64 Å². The van der Waals surface area contributed by atoms with Gasteiger partial charge in [-0.15, -0.1) is 0 Å². The quantitative estimate of drug-likeness (QED) is 0.0941. The molecule has 1 rings (SSSR count). The Morgan fingerprint density at radius 2 is 1.55 bits per heavy atom. The van der Waals surface area contributed by atoms with Crippen molar-refractivity contribution in [2.24, 2.45) is 5.11 Å². The molecule has 0 N–H and O–H groups in total. The van der Waals surface area contributed by atoms with Crippen molar-refractivity contribution in [3.05, 3.63) is 34.2 Å². The second kappa shape index (κ2) is 15.7. The molecule has 0 amide bonds. The van der Waals surface area contributed by atoms with Gasteiger partial charge in [0.25, 0.3) is 0 Å². The first kappa shape index (κ1) is 24.8. The van der Waals surface area contributed by atoms with Crippen molar-refractivity contribution in [1.82, 2.24) is 0 Å². The Bertz CT molecular complexity index is 638. The zero-order valence-corrected chi connectivity index (χ0v) is 18.5. The molecule has 0 fully saturated rings. The number of carbonyl (C=O) groups is 1. The minimum Gasteiger partial charge on any atom is -0.462 e. The van der Waals surface area contributed by atoms with Crippen molar-refractivity contribution in [2.75, 3.05) is 24.6 Å². The third-order valence-corrected chi connectivity index (χ3v) is 5.20. The van der Waals surface area contributed by atoms with Crippen LogP contribution in [0.5, 0.6) is 0 Å². The van der Waals surface area contributed by atoms with Gasteiger partial charge in [0.1, 0.15) is 0 Å². The van der Waals surface area contributed by atoms with E-state index in [9.17, 15) is 4.79 Å². The number of hydrogen-bond donors (Lipinski definition) is 0. The van der Waals surface area contributed by atoms with Crippen LogP contribution in [0.25, 0.3) is 10.4 Å². The third kappa shape index (κ3) is 9.71. The van der Waals surface area contributed by atoms with Crippen LogP contribution in [0, 0.1) is 0 Å². The molecule has 1 aromatic rings. The zero-order valence-electron chi connectivity index (χ0n) is 18.5. The van der Waals surface area contributed by atoms with E-state index in [0.717, 1.165) is 31.6 Å². The van der Waals surface area contributed by atoms with Crippen molar-refractivity contribution < 1.29 is 9.53 Å². The maximum atomic E-state index is 12.6. The number of rotatable bonds is 16. The number of carbonyl (C=O) groups excluding carboxylic acids is 1. The molecule has 162 valence electrons. The molecule has 0 aliphatic carbocycles. The second-order valence-corrected chi connectivity index (χ2v) is 7.38. The predicted molar refractivity (Wildman–Crippen MR) is 121 cm³/mol. The summed E-state index contributed by atoms with van der Waals surface area (Å²) in [7, 11) is 0. The molecule has 0 radical (unpaired) electrons. The summed E-state index contributed by atoms with van der Waals surface area (Å²) in [6.45, 7) is 8.34. The van der Waals surface area contributed by atoms with E-state index >= 15 is 0 Å². The number of benzene rings is 1. The Labute approximate surface area is 176 Å². The van der Waals surface area contributed by atoms with Gasteiger partial charge in [-0.05, 0) is 37.9 Å². The smallest absolute Gasteiger partial charge is 0.340 e. The lowest BCUT2D eigenvalue weighted by Crippen LogP contribution is -2.24. The first-order valence-electron chi connectivity index (χ1n) is 11.3. The average Bonchev–Trinajstić information content (AvgIpc) is 2.73. The molecule has 0 aromatic heterocycles. The van der Waals surface area contributed by atoms with Crippen LogP contribution in [0.2, 0.25) is 0 Å². The van der Waals surface area contributed by atoms with E-state index in [2.05, 4.69) is 21.8 Å². The lowest BCUT2D eigenvalue weighted by molar-refractivity contribution is 0.0498. The molecule has 29 heavy (non-hydrogen) atoms. The van der Waals surface area contributed by atoms with Crippen LogP contribution >= 0.6 is 0 Å². The summed E-state index contributed by atoms with van der Waals surface area (Å²) in [4.78, 5) is 17.5. The molecule has 0 unspecified atom stereocenters. The van der Waals surface area contributed by atoms with Gasteiger partial charge in [-0.3, -0.25) is 0 Å². The number of ether oxygens (including phenoxy) is 1. The molecule has 6 heteroatoms. The van der Waals surface area contributed by atoms with Gasteiger partial charge in [-0.25, -0.2) is 4.79 Å². The predicted octanol–water partition coefficient (Wildman–Crippen LogP) is 7.55. The highest BCUT2D eigenvalue weighted by Gasteiger charge is 2.17. The Balaban J connectivity index is 2.43. The molecule has 0 saturated heterocycles. The molecule has 0 saturated carbocycles. The number of hydrogen-bond acceptors (Lipinski definition) is 4. The van der Waals surface area contributed by atoms with Crippen molar-refractivity contribution in [3.63, 3.8) is 0 Å². The topological polar surface area (TPSA) is 78.3 Å². The highest BCUT2D eigenvalue weighted by Crippen LogP contribution is 2.27. The van der Waals surface area contributed by atoms with Crippen molar-refractivity contribution in [2.45, 2.75) is 85.0 Å². The summed E-state index contributed by atoms with van der Waals surface area (Å²) in [6, 6.07) is 5.18. The van der Waals surface area contributed by atoms with E-state index in [4.69, 9.17) is 10.3 Å². The summed E-state index contributed by atoms with van der Waals surface area (Å²) >= 11 is 0. The number of nitrogens with zero attached hydrogens (tertiary/aromatic N) is 4. The highest BCUT2D eigenvalue weighted by atomic mass is 16.5. The maximum Gasteiger partial charge on any atom is 0.340 e. The normalized spacial score (nSPS) is 10.4. The van der Waals surface area contributed by atoms with Crippen molar-refractivity contribution in [1.29, 1.82) is 0 Å². The number of esters is 1. The van der Waals surface area contributed by atoms with Crippen LogP contribution < -0.4 is 4.90 Å². The van der Waals surface area contributed by atoms with E-state index in [1.165, 1.54) is 51.4 Å². The number of anilines is 1. The number of azide groups is 1. The second-order valence-electron chi connectivity index (χ2n) is 7.38. The van der Waals surface area contributed by atoms with Gasteiger partial charge in [0.15, 0.2) is 0 Å². The molecule has 0 spiro atoms. The van der Waals surface area contributed by atoms with Gasteiger partial charge in [-0.1, -0.05) is 75.9 Å². The Morgan fingerprint density at radius 1 is 0.966 bits per heavy atom. The minimum atomic E-state index is -0.349. The van der Waals surface area contributed by atoms with Gasteiger partial charge in [0.2, 0.25) is 0 Å². The largest absolute Gasteiger partial charge is 0.462 e. The number of unbranched alkanes of at least 4 members (excludes halogenated alkanes) is 9. The van der Waals surface area contributed by atoms with Gasteiger partial charge >= 0.3 is 5.97 Å². The lowest BCUT2D eigenvalue weighted by atomic mass is 10.1. The van der Waals surface area contributed by atoms with Crippen LogP contribution in [0.1, 0.15) is 95.3 Å². The molecule has 1 aromatic carbocycles. The Morgan fingerprint density at radius 3 is 2.10 bits per heavy atom. The van der Waals surface area contributed by atoms with Crippen LogP contribution in [0.4, 0.5) is 11.4 Å². The van der Waals surface area contributed by atoms with E-state index in [0.29, 0.717) is 17.9 Å². The van der Waals surface area contributed by atoms with E-state index in [1.54, 1.807) is 12.1 Å². The maximum absolute atomic E-state index is 12.6. The lowest BCUT2D eigenvalue weighted by Gasteiger charge is -2.23. The van der Waals surface area contributed by atoms with E-state index in [1.807, 2.05) is 19.9 Å². The molecule has 0 atom stereocenters. The highest BCUT2D eigenvalue weighted by molar-refractivity contribution is 5.97. The summed E-state index contributed by atoms with van der Waals surface area (Å²) in [6.07, 6.45) is 12.5. The molecule has 0 aliphatic rings. The van der Waals surface area contributed by atoms with Crippen molar-refractivity contribution in [3.8, 4) is 0 Å². The molecule has 0 aliphatic heterocycles. The minimum absolute atomic E-state index is 0.349. The Kier molecular flexibility index (Phi) is 13.4. The van der Waals surface area contributed by atoms with Crippen molar-refractivity contribution >= 4 is 17.3 Å². The fraction of sp³-hybridized carbons (Fsp3) is 0.696.